The van der Waals surface area contributed by atoms with E-state index in [1.807, 2.05) is 6.07 Å². The molecule has 1 saturated carbocycles. The number of carboxylic acid groups (broad SMARTS) is 1. The van der Waals surface area contributed by atoms with Gasteiger partial charge in [0, 0.05) is 49.1 Å². The van der Waals surface area contributed by atoms with E-state index in [2.05, 4.69) is 21.4 Å². The van der Waals surface area contributed by atoms with E-state index in [-0.39, 0.29) is 25.5 Å². The summed E-state index contributed by atoms with van der Waals surface area (Å²) in [6.45, 7) is 1.61. The van der Waals surface area contributed by atoms with E-state index < -0.39 is 23.9 Å². The number of aromatic nitrogens is 2. The molecule has 2 aliphatic heterocycles. The van der Waals surface area contributed by atoms with Crippen LogP contribution < -0.4 is 5.32 Å². The number of halogens is 2. The summed E-state index contributed by atoms with van der Waals surface area (Å²) in [7, 11) is 0. The first-order valence-electron chi connectivity index (χ1n) is 14.0. The number of nitrogens with zero attached hydrogens (tertiary/aromatic N) is 3. The number of carbonyl (C=O) groups is 1. The second-order valence-electron chi connectivity index (χ2n) is 11.0. The molecule has 7 nitrogen and oxygen atoms in total. The molecule has 0 spiro atoms. The maximum Gasteiger partial charge on any atom is 0.325 e. The molecule has 0 radical (unpaired) electrons. The second kappa shape index (κ2) is 12.0. The van der Waals surface area contributed by atoms with Gasteiger partial charge in [-0.2, -0.15) is 0 Å². The quantitative estimate of drug-likeness (QED) is 0.357. The highest BCUT2D eigenvalue weighted by atomic mass is 19.3. The summed E-state index contributed by atoms with van der Waals surface area (Å²) < 4.78 is 36.4. The lowest BCUT2D eigenvalue weighted by atomic mass is 9.94. The number of nitrogens with one attached hydrogen (secondary N) is 1. The van der Waals surface area contributed by atoms with Crippen LogP contribution in [0.1, 0.15) is 79.8 Å². The van der Waals surface area contributed by atoms with Gasteiger partial charge >= 0.3 is 5.97 Å². The van der Waals surface area contributed by atoms with Gasteiger partial charge in [-0.25, -0.2) is 13.8 Å². The van der Waals surface area contributed by atoms with Crippen LogP contribution in [0.5, 0.6) is 0 Å². The van der Waals surface area contributed by atoms with E-state index in [4.69, 9.17) is 4.74 Å². The van der Waals surface area contributed by atoms with E-state index in [1.54, 1.807) is 23.4 Å². The molecule has 2 fully saturated rings. The first kappa shape index (κ1) is 26.9. The lowest BCUT2D eigenvalue weighted by molar-refractivity contribution is -0.143. The van der Waals surface area contributed by atoms with Gasteiger partial charge in [0.15, 0.2) is 0 Å². The molecule has 3 aliphatic rings. The van der Waals surface area contributed by atoms with Crippen LogP contribution in [0.4, 0.5) is 14.6 Å². The largest absolute Gasteiger partial charge is 0.480 e. The fraction of sp³-hybridized carbons (Fsp3) is 0.621. The Kier molecular flexibility index (Phi) is 8.53. The first-order chi connectivity index (χ1) is 18.4. The van der Waals surface area contributed by atoms with Crippen molar-refractivity contribution in [3.8, 4) is 0 Å². The standard InChI is InChI=1S/C29H38F2N4O3/c30-29(31,13-2-1-6-23-10-9-20-5-4-14-33-27(20)34-23)22-12-16-35(18-22)26(28(36)37)25-17-32-15-11-21(25)19-38-24-7-3-8-24/h9-11,15,17,22,24,26H,1-8,12-14,16,18-19H2,(H,33,34)(H,36,37)/t22-,26?/m1/s1. The zero-order valence-corrected chi connectivity index (χ0v) is 21.9. The maximum atomic E-state index is 15.2. The predicted molar refractivity (Wildman–Crippen MR) is 140 cm³/mol. The van der Waals surface area contributed by atoms with E-state index in [1.165, 1.54) is 5.56 Å². The minimum absolute atomic E-state index is 0.0554. The maximum absolute atomic E-state index is 15.2. The van der Waals surface area contributed by atoms with Crippen LogP contribution >= 0.6 is 0 Å². The Morgan fingerprint density at radius 1 is 1.21 bits per heavy atom. The van der Waals surface area contributed by atoms with Gasteiger partial charge in [-0.1, -0.05) is 6.07 Å². The number of ether oxygens (including phenoxy) is 1. The van der Waals surface area contributed by atoms with Gasteiger partial charge in [-0.05, 0) is 87.6 Å². The predicted octanol–water partition coefficient (Wildman–Crippen LogP) is 5.40. The number of hydrogen-bond acceptors (Lipinski definition) is 6. The zero-order chi connectivity index (χ0) is 26.5. The van der Waals surface area contributed by atoms with E-state index in [9.17, 15) is 9.90 Å². The fourth-order valence-corrected chi connectivity index (χ4v) is 5.79. The Morgan fingerprint density at radius 2 is 2.08 bits per heavy atom. The molecule has 5 rings (SSSR count). The topological polar surface area (TPSA) is 87.6 Å². The molecule has 1 unspecified atom stereocenters. The lowest BCUT2D eigenvalue weighted by Gasteiger charge is -2.29. The molecule has 2 atom stereocenters. The molecule has 0 bridgehead atoms. The summed E-state index contributed by atoms with van der Waals surface area (Å²) >= 11 is 0. The average molecular weight is 529 g/mol. The van der Waals surface area contributed by atoms with Crippen molar-refractivity contribution >= 4 is 11.8 Å². The SMILES string of the molecule is O=C(O)C(c1cnccc1COC1CCC1)N1CC[C@@H](C(F)(F)CCCCc2ccc3c(n2)NCCC3)C1. The molecule has 2 N–H and O–H groups in total. The number of anilines is 1. The lowest BCUT2D eigenvalue weighted by Crippen LogP contribution is -2.36. The number of aryl methyl sites for hydroxylation is 2. The van der Waals surface area contributed by atoms with Crippen LogP contribution in [-0.4, -0.2) is 57.6 Å². The average Bonchev–Trinajstić information content (AvgIpc) is 3.37. The smallest absolute Gasteiger partial charge is 0.325 e. The number of likely N-dealkylation sites (tertiary alicyclic amines) is 1. The van der Waals surface area contributed by atoms with Crippen molar-refractivity contribution in [1.29, 1.82) is 0 Å². The molecule has 9 heteroatoms. The van der Waals surface area contributed by atoms with E-state index in [0.29, 0.717) is 38.0 Å². The highest BCUT2D eigenvalue weighted by Crippen LogP contribution is 2.40. The van der Waals surface area contributed by atoms with Gasteiger partial charge in [0.1, 0.15) is 11.9 Å². The molecule has 4 heterocycles. The minimum atomic E-state index is -2.84. The molecule has 0 amide bonds. The number of hydrogen-bond donors (Lipinski definition) is 2. The molecule has 38 heavy (non-hydrogen) atoms. The van der Waals surface area contributed by atoms with Gasteiger partial charge in [0.2, 0.25) is 0 Å². The number of pyridine rings is 2. The second-order valence-corrected chi connectivity index (χ2v) is 11.0. The fourth-order valence-electron chi connectivity index (χ4n) is 5.79. The number of fused-ring (bicyclic) bond motifs is 1. The van der Waals surface area contributed by atoms with Gasteiger partial charge in [0.25, 0.3) is 5.92 Å². The minimum Gasteiger partial charge on any atom is -0.480 e. The third-order valence-electron chi connectivity index (χ3n) is 8.33. The summed E-state index contributed by atoms with van der Waals surface area (Å²) in [5.74, 6) is -3.81. The monoisotopic (exact) mass is 528 g/mol. The number of alkyl halides is 2. The van der Waals surface area contributed by atoms with Crippen LogP contribution in [0.3, 0.4) is 0 Å². The number of carboxylic acids is 1. The van der Waals surface area contributed by atoms with E-state index >= 15 is 8.78 Å². The Morgan fingerprint density at radius 3 is 2.87 bits per heavy atom. The summed E-state index contributed by atoms with van der Waals surface area (Å²) in [6.07, 6.45) is 10.5. The van der Waals surface area contributed by atoms with Crippen LogP contribution in [0.25, 0.3) is 0 Å². The zero-order valence-electron chi connectivity index (χ0n) is 21.9. The van der Waals surface area contributed by atoms with Crippen LogP contribution in [-0.2, 0) is 29.0 Å². The first-order valence-corrected chi connectivity index (χ1v) is 14.0. The van der Waals surface area contributed by atoms with Crippen LogP contribution in [0, 0.1) is 5.92 Å². The van der Waals surface area contributed by atoms with Gasteiger partial charge in [-0.3, -0.25) is 14.7 Å². The molecular weight excluding hydrogens is 490 g/mol. The molecule has 206 valence electrons. The molecule has 2 aromatic rings. The third kappa shape index (κ3) is 6.31. The van der Waals surface area contributed by atoms with Crippen molar-refractivity contribution in [1.82, 2.24) is 14.9 Å². The molecule has 0 aromatic carbocycles. The molecular formula is C29H38F2N4O3. The third-order valence-corrected chi connectivity index (χ3v) is 8.33. The Balaban J connectivity index is 1.15. The Labute approximate surface area is 223 Å². The van der Waals surface area contributed by atoms with Crippen molar-refractivity contribution in [3.63, 3.8) is 0 Å². The van der Waals surface area contributed by atoms with Crippen molar-refractivity contribution in [3.05, 3.63) is 53.0 Å². The highest BCUT2D eigenvalue weighted by molar-refractivity contribution is 5.76. The van der Waals surface area contributed by atoms with Crippen molar-refractivity contribution in [2.45, 2.75) is 88.9 Å². The van der Waals surface area contributed by atoms with Crippen molar-refractivity contribution in [2.24, 2.45) is 5.92 Å². The van der Waals surface area contributed by atoms with Crippen molar-refractivity contribution in [2.75, 3.05) is 25.0 Å². The Bertz CT molecular complexity index is 1110. The summed E-state index contributed by atoms with van der Waals surface area (Å²) in [6, 6.07) is 4.87. The molecule has 1 saturated heterocycles. The molecule has 2 aromatic heterocycles. The summed E-state index contributed by atoms with van der Waals surface area (Å²) in [5.41, 5.74) is 3.46. The van der Waals surface area contributed by atoms with Crippen LogP contribution in [0.15, 0.2) is 30.6 Å². The summed E-state index contributed by atoms with van der Waals surface area (Å²) in [4.78, 5) is 22.8. The van der Waals surface area contributed by atoms with Crippen molar-refractivity contribution < 1.29 is 23.4 Å². The van der Waals surface area contributed by atoms with Gasteiger partial charge in [-0.15, -0.1) is 0 Å². The number of unbranched alkanes of at least 4 members (excludes halogenated alkanes) is 1. The van der Waals surface area contributed by atoms with Gasteiger partial charge in [0.05, 0.1) is 12.7 Å². The van der Waals surface area contributed by atoms with Gasteiger partial charge < -0.3 is 15.2 Å². The normalized spacial score (nSPS) is 20.9. The highest BCUT2D eigenvalue weighted by Gasteiger charge is 2.45. The molecule has 1 aliphatic carbocycles. The van der Waals surface area contributed by atoms with Crippen LogP contribution in [0.2, 0.25) is 0 Å². The van der Waals surface area contributed by atoms with E-state index in [0.717, 1.165) is 55.7 Å². The number of aliphatic carboxylic acids is 1. The summed E-state index contributed by atoms with van der Waals surface area (Å²) in [5, 5.41) is 13.4. The number of rotatable bonds is 12. The Hall–Kier alpha value is -2.65.